The molecule has 0 bridgehead atoms. The summed E-state index contributed by atoms with van der Waals surface area (Å²) in [7, 11) is 3.52. The largest absolute Gasteiger partial charge is 0.508 e. The molecule has 7 heteroatoms. The van der Waals surface area contributed by atoms with Gasteiger partial charge in [-0.25, -0.2) is 9.78 Å². The molecular formula is C23H26N4O3. The van der Waals surface area contributed by atoms with Gasteiger partial charge < -0.3 is 19.6 Å². The Bertz CT molecular complexity index is 1010. The first-order valence-corrected chi connectivity index (χ1v) is 10.0. The maximum atomic E-state index is 12.9. The molecule has 0 spiro atoms. The molecule has 0 saturated carbocycles. The lowest BCUT2D eigenvalue weighted by atomic mass is 10.0. The average molecular weight is 406 g/mol. The van der Waals surface area contributed by atoms with Crippen LogP contribution in [-0.2, 0) is 0 Å². The zero-order chi connectivity index (χ0) is 21.1. The van der Waals surface area contributed by atoms with Gasteiger partial charge in [-0.2, -0.15) is 0 Å². The molecule has 1 saturated heterocycles. The summed E-state index contributed by atoms with van der Waals surface area (Å²) in [6.07, 6.45) is 5.05. The number of ether oxygens (including phenoxy) is 1. The Labute approximate surface area is 176 Å². The highest BCUT2D eigenvalue weighted by molar-refractivity contribution is 5.78. The molecule has 0 atom stereocenters. The highest BCUT2D eigenvalue weighted by Crippen LogP contribution is 2.25. The van der Waals surface area contributed by atoms with Crippen LogP contribution in [0.1, 0.15) is 12.8 Å². The van der Waals surface area contributed by atoms with Crippen LogP contribution in [0.2, 0.25) is 0 Å². The van der Waals surface area contributed by atoms with Crippen molar-refractivity contribution in [1.82, 2.24) is 14.5 Å². The number of piperidine rings is 1. The van der Waals surface area contributed by atoms with E-state index in [1.165, 1.54) is 16.6 Å². The second-order valence-corrected chi connectivity index (χ2v) is 7.53. The number of hydrogen-bond acceptors (Lipinski definition) is 5. The molecule has 30 heavy (non-hydrogen) atoms. The van der Waals surface area contributed by atoms with Gasteiger partial charge in [0.05, 0.1) is 12.8 Å². The normalized spacial score (nSPS) is 14.5. The van der Waals surface area contributed by atoms with Gasteiger partial charge in [-0.1, -0.05) is 12.1 Å². The van der Waals surface area contributed by atoms with E-state index in [-0.39, 0.29) is 17.8 Å². The van der Waals surface area contributed by atoms with E-state index in [0.717, 1.165) is 37.2 Å². The van der Waals surface area contributed by atoms with E-state index in [1.807, 2.05) is 25.2 Å². The number of phenols is 1. The van der Waals surface area contributed by atoms with Crippen LogP contribution in [0.15, 0.2) is 61.1 Å². The number of phenolic OH excluding ortho intramolecular Hbond substituents is 1. The lowest BCUT2D eigenvalue weighted by Gasteiger charge is -2.37. The molecule has 2 aromatic carbocycles. The Morgan fingerprint density at radius 3 is 2.57 bits per heavy atom. The van der Waals surface area contributed by atoms with E-state index in [4.69, 9.17) is 4.74 Å². The molecule has 156 valence electrons. The SMILES string of the molecule is COc1ccc(N2CCC(N(C)C(=O)n3cnc(-c4cccc(O)c4)c3)CC2)cc1. The molecular weight excluding hydrogens is 380 g/mol. The van der Waals surface area contributed by atoms with Crippen LogP contribution in [0, 0.1) is 0 Å². The van der Waals surface area contributed by atoms with Crippen molar-refractivity contribution in [2.24, 2.45) is 0 Å². The van der Waals surface area contributed by atoms with Crippen LogP contribution in [0.4, 0.5) is 10.5 Å². The predicted molar refractivity (Wildman–Crippen MR) is 116 cm³/mol. The summed E-state index contributed by atoms with van der Waals surface area (Å²) < 4.78 is 6.74. The molecule has 0 radical (unpaired) electrons. The first-order chi connectivity index (χ1) is 14.5. The number of hydrogen-bond donors (Lipinski definition) is 1. The minimum atomic E-state index is -0.100. The van der Waals surface area contributed by atoms with Crippen LogP contribution in [-0.4, -0.2) is 58.9 Å². The smallest absolute Gasteiger partial charge is 0.329 e. The number of aromatic hydroxyl groups is 1. The van der Waals surface area contributed by atoms with E-state index in [1.54, 1.807) is 36.4 Å². The zero-order valence-corrected chi connectivity index (χ0v) is 17.2. The minimum Gasteiger partial charge on any atom is -0.508 e. The maximum absolute atomic E-state index is 12.9. The summed E-state index contributed by atoms with van der Waals surface area (Å²) in [4.78, 5) is 21.4. The topological polar surface area (TPSA) is 70.8 Å². The molecule has 1 aliphatic heterocycles. The predicted octanol–water partition coefficient (Wildman–Crippen LogP) is 3.83. The van der Waals surface area contributed by atoms with Crippen molar-refractivity contribution < 1.29 is 14.6 Å². The second kappa shape index (κ2) is 8.49. The number of anilines is 1. The van der Waals surface area contributed by atoms with E-state index in [2.05, 4.69) is 22.0 Å². The lowest BCUT2D eigenvalue weighted by molar-refractivity contribution is 0.181. The van der Waals surface area contributed by atoms with E-state index in [0.29, 0.717) is 5.69 Å². The number of amides is 1. The molecule has 1 amide bonds. The summed E-state index contributed by atoms with van der Waals surface area (Å²) in [6, 6.07) is 15.0. The van der Waals surface area contributed by atoms with Crippen molar-refractivity contribution in [2.45, 2.75) is 18.9 Å². The molecule has 1 fully saturated rings. The Morgan fingerprint density at radius 2 is 1.90 bits per heavy atom. The number of methoxy groups -OCH3 is 1. The Morgan fingerprint density at radius 1 is 1.17 bits per heavy atom. The number of nitrogens with zero attached hydrogens (tertiary/aromatic N) is 4. The first-order valence-electron chi connectivity index (χ1n) is 10.0. The zero-order valence-electron chi connectivity index (χ0n) is 17.2. The van der Waals surface area contributed by atoms with Crippen LogP contribution < -0.4 is 9.64 Å². The Hall–Kier alpha value is -3.48. The highest BCUT2D eigenvalue weighted by Gasteiger charge is 2.26. The second-order valence-electron chi connectivity index (χ2n) is 7.53. The number of carbonyl (C=O) groups excluding carboxylic acids is 1. The highest BCUT2D eigenvalue weighted by atomic mass is 16.5. The molecule has 0 aliphatic carbocycles. The fourth-order valence-electron chi connectivity index (χ4n) is 3.88. The molecule has 7 nitrogen and oxygen atoms in total. The number of rotatable bonds is 4. The van der Waals surface area contributed by atoms with Gasteiger partial charge in [0.25, 0.3) is 0 Å². The Balaban J connectivity index is 1.38. The van der Waals surface area contributed by atoms with Crippen molar-refractivity contribution in [1.29, 1.82) is 0 Å². The van der Waals surface area contributed by atoms with E-state index < -0.39 is 0 Å². The van der Waals surface area contributed by atoms with Gasteiger partial charge in [-0.15, -0.1) is 0 Å². The van der Waals surface area contributed by atoms with E-state index >= 15 is 0 Å². The van der Waals surface area contributed by atoms with Gasteiger partial charge in [0.15, 0.2) is 0 Å². The van der Waals surface area contributed by atoms with Crippen LogP contribution in [0.3, 0.4) is 0 Å². The summed E-state index contributed by atoms with van der Waals surface area (Å²) in [5.74, 6) is 1.03. The van der Waals surface area contributed by atoms with Crippen molar-refractivity contribution >= 4 is 11.7 Å². The number of imidazole rings is 1. The molecule has 3 aromatic rings. The molecule has 2 heterocycles. The quantitative estimate of drug-likeness (QED) is 0.713. The summed E-state index contributed by atoms with van der Waals surface area (Å²) in [5, 5.41) is 9.66. The van der Waals surface area contributed by atoms with Crippen molar-refractivity contribution in [3.8, 4) is 22.8 Å². The van der Waals surface area contributed by atoms with Gasteiger partial charge in [-0.3, -0.25) is 4.57 Å². The average Bonchev–Trinajstić information content (AvgIpc) is 3.29. The molecule has 1 N–H and O–H groups in total. The monoisotopic (exact) mass is 406 g/mol. The molecule has 4 rings (SSSR count). The summed E-state index contributed by atoms with van der Waals surface area (Å²) in [5.41, 5.74) is 2.60. The summed E-state index contributed by atoms with van der Waals surface area (Å²) >= 11 is 0. The third-order valence-electron chi connectivity index (χ3n) is 5.70. The van der Waals surface area contributed by atoms with Gasteiger partial charge in [0.2, 0.25) is 0 Å². The maximum Gasteiger partial charge on any atom is 0.329 e. The minimum absolute atomic E-state index is 0.100. The standard InChI is InChI=1S/C23H26N4O3/c1-25(18-10-12-26(13-11-18)19-6-8-21(30-2)9-7-19)23(29)27-15-22(24-16-27)17-4-3-5-20(28)14-17/h3-9,14-16,18,28H,10-13H2,1-2H3. The Kier molecular flexibility index (Phi) is 5.61. The number of carbonyl (C=O) groups is 1. The van der Waals surface area contributed by atoms with Crippen molar-refractivity contribution in [3.63, 3.8) is 0 Å². The van der Waals surface area contributed by atoms with Gasteiger partial charge >= 0.3 is 6.03 Å². The van der Waals surface area contributed by atoms with E-state index in [9.17, 15) is 9.90 Å². The summed E-state index contributed by atoms with van der Waals surface area (Å²) in [6.45, 7) is 1.79. The first kappa shape index (κ1) is 19.8. The third-order valence-corrected chi connectivity index (χ3v) is 5.70. The lowest BCUT2D eigenvalue weighted by Crippen LogP contribution is -2.46. The van der Waals surface area contributed by atoms with Gasteiger partial charge in [0, 0.05) is 43.6 Å². The molecule has 0 unspecified atom stereocenters. The van der Waals surface area contributed by atoms with Crippen LogP contribution in [0.5, 0.6) is 11.5 Å². The van der Waals surface area contributed by atoms with Crippen molar-refractivity contribution in [3.05, 3.63) is 61.1 Å². The fourth-order valence-corrected chi connectivity index (χ4v) is 3.88. The third kappa shape index (κ3) is 4.10. The van der Waals surface area contributed by atoms with Gasteiger partial charge in [0.1, 0.15) is 17.8 Å². The number of aromatic nitrogens is 2. The number of benzene rings is 2. The molecule has 1 aliphatic rings. The van der Waals surface area contributed by atoms with Gasteiger partial charge in [-0.05, 0) is 49.2 Å². The van der Waals surface area contributed by atoms with Crippen LogP contribution in [0.25, 0.3) is 11.3 Å². The van der Waals surface area contributed by atoms with Crippen molar-refractivity contribution in [2.75, 3.05) is 32.1 Å². The fraction of sp³-hybridized carbons (Fsp3) is 0.304. The van der Waals surface area contributed by atoms with Crippen LogP contribution >= 0.6 is 0 Å². The molecule has 1 aromatic heterocycles.